The van der Waals surface area contributed by atoms with E-state index in [1.165, 1.54) is 11.8 Å². The van der Waals surface area contributed by atoms with Gasteiger partial charge in [0.15, 0.2) is 5.65 Å². The molecule has 0 aliphatic carbocycles. The number of fused-ring (bicyclic) bond motifs is 3. The summed E-state index contributed by atoms with van der Waals surface area (Å²) in [4.78, 5) is 16.7. The third-order valence-electron chi connectivity index (χ3n) is 4.39. The summed E-state index contributed by atoms with van der Waals surface area (Å²) >= 11 is 1.32. The van der Waals surface area contributed by atoms with Gasteiger partial charge in [-0.05, 0) is 25.8 Å². The highest BCUT2D eigenvalue weighted by molar-refractivity contribution is 7.99. The molecule has 0 saturated carbocycles. The highest BCUT2D eigenvalue weighted by atomic mass is 32.2. The topological polar surface area (TPSA) is 72.7 Å². The number of aryl methyl sites for hydroxylation is 1. The minimum Gasteiger partial charge on any atom is -0.353 e. The molecule has 1 N–H and O–H groups in total. The summed E-state index contributed by atoms with van der Waals surface area (Å²) in [5, 5.41) is 13.1. The van der Waals surface area contributed by atoms with Crippen LogP contribution in [0.25, 0.3) is 22.1 Å². The van der Waals surface area contributed by atoms with E-state index < -0.39 is 0 Å². The van der Waals surface area contributed by atoms with E-state index in [0.29, 0.717) is 11.1 Å². The number of nitrogens with zero attached hydrogens (tertiary/aromatic N) is 4. The predicted octanol–water partition coefficient (Wildman–Crippen LogP) is 3.25. The van der Waals surface area contributed by atoms with Crippen molar-refractivity contribution in [2.75, 3.05) is 5.75 Å². The summed E-state index contributed by atoms with van der Waals surface area (Å²) in [5.74, 6) is 0.686. The monoisotopic (exact) mass is 357 g/mol. The fourth-order valence-corrected chi connectivity index (χ4v) is 3.26. The van der Waals surface area contributed by atoms with Crippen LogP contribution < -0.4 is 5.32 Å². The second-order valence-electron chi connectivity index (χ2n) is 6.42. The second-order valence-corrected chi connectivity index (χ2v) is 7.36. The molecule has 0 unspecified atom stereocenters. The Morgan fingerprint density at radius 3 is 2.72 bits per heavy atom. The van der Waals surface area contributed by atoms with Gasteiger partial charge < -0.3 is 9.88 Å². The Bertz CT molecular complexity index is 905. The van der Waals surface area contributed by atoms with E-state index in [0.717, 1.165) is 28.6 Å². The summed E-state index contributed by atoms with van der Waals surface area (Å²) < 4.78 is 2.13. The molecule has 0 aliphatic heterocycles. The normalized spacial score (nSPS) is 12.8. The molecule has 0 bridgehead atoms. The van der Waals surface area contributed by atoms with Crippen LogP contribution in [-0.2, 0) is 11.3 Å². The molecular weight excluding hydrogens is 334 g/mol. The van der Waals surface area contributed by atoms with Crippen molar-refractivity contribution >= 4 is 39.7 Å². The van der Waals surface area contributed by atoms with Crippen molar-refractivity contribution in [3.63, 3.8) is 0 Å². The Morgan fingerprint density at radius 1 is 1.24 bits per heavy atom. The van der Waals surface area contributed by atoms with Crippen molar-refractivity contribution in [3.8, 4) is 0 Å². The molecule has 0 fully saturated rings. The first-order valence-electron chi connectivity index (χ1n) is 8.55. The van der Waals surface area contributed by atoms with Crippen LogP contribution in [0.2, 0.25) is 0 Å². The summed E-state index contributed by atoms with van der Waals surface area (Å²) in [5.41, 5.74) is 2.73. The van der Waals surface area contributed by atoms with Crippen LogP contribution in [-0.4, -0.2) is 37.5 Å². The van der Waals surface area contributed by atoms with E-state index in [2.05, 4.69) is 51.9 Å². The van der Waals surface area contributed by atoms with Gasteiger partial charge in [0.05, 0.1) is 11.3 Å². The van der Waals surface area contributed by atoms with E-state index in [-0.39, 0.29) is 17.7 Å². The van der Waals surface area contributed by atoms with Crippen molar-refractivity contribution in [2.24, 2.45) is 5.92 Å². The number of rotatable bonds is 6. The van der Waals surface area contributed by atoms with Gasteiger partial charge >= 0.3 is 0 Å². The molecule has 2 heterocycles. The lowest BCUT2D eigenvalue weighted by molar-refractivity contribution is -0.119. The average Bonchev–Trinajstić information content (AvgIpc) is 2.92. The largest absolute Gasteiger partial charge is 0.353 e. The quantitative estimate of drug-likeness (QED) is 0.686. The van der Waals surface area contributed by atoms with Crippen molar-refractivity contribution in [3.05, 3.63) is 24.3 Å². The SMILES string of the molecule is CCn1c2ccccc2c2nnc(SCC(=O)N[C@H](C)C(C)C)nc21. The Kier molecular flexibility index (Phi) is 5.22. The smallest absolute Gasteiger partial charge is 0.230 e. The third kappa shape index (κ3) is 3.61. The van der Waals surface area contributed by atoms with Crippen LogP contribution in [0.5, 0.6) is 0 Å². The molecule has 3 aromatic rings. The van der Waals surface area contributed by atoms with Gasteiger partial charge in [0.2, 0.25) is 11.1 Å². The lowest BCUT2D eigenvalue weighted by Crippen LogP contribution is -2.37. The van der Waals surface area contributed by atoms with Gasteiger partial charge in [-0.1, -0.05) is 43.8 Å². The van der Waals surface area contributed by atoms with E-state index in [1.54, 1.807) is 0 Å². The number of carbonyl (C=O) groups is 1. The maximum Gasteiger partial charge on any atom is 0.230 e. The molecule has 1 aromatic carbocycles. The Labute approximate surface area is 151 Å². The molecule has 25 heavy (non-hydrogen) atoms. The van der Waals surface area contributed by atoms with Crippen LogP contribution >= 0.6 is 11.8 Å². The van der Waals surface area contributed by atoms with Crippen LogP contribution in [0, 0.1) is 5.92 Å². The molecule has 1 amide bonds. The number of amides is 1. The van der Waals surface area contributed by atoms with E-state index in [4.69, 9.17) is 0 Å². The van der Waals surface area contributed by atoms with E-state index >= 15 is 0 Å². The number of hydrogen-bond acceptors (Lipinski definition) is 5. The van der Waals surface area contributed by atoms with Crippen molar-refractivity contribution in [2.45, 2.75) is 45.4 Å². The standard InChI is InChI=1S/C18H23N5OS/c1-5-23-14-9-7-6-8-13(14)16-17(23)20-18(22-21-16)25-10-15(24)19-12(4)11(2)3/h6-9,11-12H,5,10H2,1-4H3,(H,19,24)/t12-/m1/s1. The Morgan fingerprint density at radius 2 is 2.00 bits per heavy atom. The summed E-state index contributed by atoms with van der Waals surface area (Å²) in [6.07, 6.45) is 0. The molecule has 0 radical (unpaired) electrons. The number of hydrogen-bond donors (Lipinski definition) is 1. The van der Waals surface area contributed by atoms with Crippen LogP contribution in [0.3, 0.4) is 0 Å². The van der Waals surface area contributed by atoms with Gasteiger partial charge in [0.1, 0.15) is 5.52 Å². The number of para-hydroxylation sites is 1. The lowest BCUT2D eigenvalue weighted by atomic mass is 10.1. The zero-order valence-electron chi connectivity index (χ0n) is 15.0. The first kappa shape index (κ1) is 17.7. The number of carbonyl (C=O) groups excluding carboxylic acids is 1. The van der Waals surface area contributed by atoms with Gasteiger partial charge in [0.25, 0.3) is 0 Å². The fourth-order valence-electron chi connectivity index (χ4n) is 2.66. The first-order chi connectivity index (χ1) is 12.0. The van der Waals surface area contributed by atoms with Gasteiger partial charge in [-0.2, -0.15) is 0 Å². The summed E-state index contributed by atoms with van der Waals surface area (Å²) in [6, 6.07) is 8.25. The molecule has 3 rings (SSSR count). The molecular formula is C18H23N5OS. The maximum atomic E-state index is 12.0. The van der Waals surface area contributed by atoms with Crippen molar-refractivity contribution < 1.29 is 4.79 Å². The first-order valence-corrected chi connectivity index (χ1v) is 9.53. The van der Waals surface area contributed by atoms with E-state index in [1.807, 2.05) is 25.1 Å². The van der Waals surface area contributed by atoms with Gasteiger partial charge in [-0.25, -0.2) is 4.98 Å². The molecule has 132 valence electrons. The minimum absolute atomic E-state index is 0.00840. The predicted molar refractivity (Wildman–Crippen MR) is 102 cm³/mol. The van der Waals surface area contributed by atoms with Crippen LogP contribution in [0.15, 0.2) is 29.4 Å². The van der Waals surface area contributed by atoms with Crippen LogP contribution in [0.1, 0.15) is 27.7 Å². The number of aromatic nitrogens is 4. The minimum atomic E-state index is -0.00840. The number of benzene rings is 1. The van der Waals surface area contributed by atoms with E-state index in [9.17, 15) is 4.79 Å². The van der Waals surface area contributed by atoms with Gasteiger partial charge in [-0.15, -0.1) is 10.2 Å². The lowest BCUT2D eigenvalue weighted by Gasteiger charge is -2.16. The van der Waals surface area contributed by atoms with Crippen molar-refractivity contribution in [1.82, 2.24) is 25.1 Å². The number of nitrogens with one attached hydrogen (secondary N) is 1. The molecule has 2 aromatic heterocycles. The van der Waals surface area contributed by atoms with Crippen molar-refractivity contribution in [1.29, 1.82) is 0 Å². The zero-order valence-corrected chi connectivity index (χ0v) is 15.8. The maximum absolute atomic E-state index is 12.0. The Hall–Kier alpha value is -2.15. The summed E-state index contributed by atoms with van der Waals surface area (Å²) in [6.45, 7) is 9.07. The van der Waals surface area contributed by atoms with Gasteiger partial charge in [0, 0.05) is 18.0 Å². The van der Waals surface area contributed by atoms with Gasteiger partial charge in [-0.3, -0.25) is 4.79 Å². The number of thioether (sulfide) groups is 1. The second kappa shape index (κ2) is 7.39. The average molecular weight is 357 g/mol. The highest BCUT2D eigenvalue weighted by Gasteiger charge is 2.15. The molecule has 7 heteroatoms. The molecule has 0 spiro atoms. The molecule has 0 aliphatic rings. The zero-order chi connectivity index (χ0) is 18.0. The molecule has 0 saturated heterocycles. The molecule has 1 atom stereocenters. The third-order valence-corrected chi connectivity index (χ3v) is 5.23. The van der Waals surface area contributed by atoms with Crippen LogP contribution in [0.4, 0.5) is 0 Å². The fraction of sp³-hybridized carbons (Fsp3) is 0.444. The Balaban J connectivity index is 1.82. The highest BCUT2D eigenvalue weighted by Crippen LogP contribution is 2.26. The summed E-state index contributed by atoms with van der Waals surface area (Å²) in [7, 11) is 0. The molecule has 6 nitrogen and oxygen atoms in total.